The van der Waals surface area contributed by atoms with Crippen molar-refractivity contribution in [3.8, 4) is 5.75 Å². The third-order valence-electron chi connectivity index (χ3n) is 5.49. The summed E-state index contributed by atoms with van der Waals surface area (Å²) in [6.45, 7) is 6.57. The lowest BCUT2D eigenvalue weighted by Gasteiger charge is -2.18. The van der Waals surface area contributed by atoms with Crippen molar-refractivity contribution in [1.82, 2.24) is 0 Å². The number of rotatable bonds is 8. The summed E-state index contributed by atoms with van der Waals surface area (Å²) in [5.41, 5.74) is 4.80. The van der Waals surface area contributed by atoms with Crippen LogP contribution in [0, 0.1) is 13.8 Å². The van der Waals surface area contributed by atoms with Crippen molar-refractivity contribution in [2.75, 3.05) is 11.5 Å². The van der Waals surface area contributed by atoms with E-state index in [0.29, 0.717) is 28.5 Å². The first-order valence-electron chi connectivity index (χ1n) is 11.1. The molecule has 0 saturated heterocycles. The third kappa shape index (κ3) is 4.88. The number of benzene rings is 3. The molecule has 0 bridgehead atoms. The van der Waals surface area contributed by atoms with Crippen molar-refractivity contribution in [3.05, 3.63) is 100.0 Å². The van der Waals surface area contributed by atoms with Gasteiger partial charge in [0.1, 0.15) is 5.75 Å². The molecule has 0 unspecified atom stereocenters. The van der Waals surface area contributed by atoms with Crippen molar-refractivity contribution >= 4 is 34.8 Å². The Balaban J connectivity index is 1.73. The zero-order valence-corrected chi connectivity index (χ0v) is 19.9. The molecule has 2 amide bonds. The van der Waals surface area contributed by atoms with Crippen molar-refractivity contribution in [2.24, 2.45) is 0 Å². The molecule has 1 heterocycles. The number of hydrogen-bond donors (Lipinski definition) is 0. The number of nitrogens with zero attached hydrogens (tertiary/aromatic N) is 1. The normalized spacial score (nSPS) is 13.7. The minimum absolute atomic E-state index is 0.268. The van der Waals surface area contributed by atoms with Crippen LogP contribution in [0.25, 0.3) is 5.57 Å². The van der Waals surface area contributed by atoms with Gasteiger partial charge in [0.25, 0.3) is 11.8 Å². The topological polar surface area (TPSA) is 46.6 Å². The lowest BCUT2D eigenvalue weighted by Crippen LogP contribution is -2.32. The molecule has 0 spiro atoms. The minimum atomic E-state index is -0.286. The molecule has 1 aliphatic rings. The molecule has 0 N–H and O–H groups in total. The average molecular weight is 458 g/mol. The van der Waals surface area contributed by atoms with Gasteiger partial charge in [-0.1, -0.05) is 61.5 Å². The van der Waals surface area contributed by atoms with E-state index >= 15 is 0 Å². The van der Waals surface area contributed by atoms with E-state index in [0.717, 1.165) is 34.4 Å². The van der Waals surface area contributed by atoms with Gasteiger partial charge in [-0.05, 0) is 60.7 Å². The minimum Gasteiger partial charge on any atom is -0.494 e. The van der Waals surface area contributed by atoms with Gasteiger partial charge in [-0.15, -0.1) is 11.8 Å². The van der Waals surface area contributed by atoms with Crippen molar-refractivity contribution < 1.29 is 14.3 Å². The summed E-state index contributed by atoms with van der Waals surface area (Å²) in [6, 6.07) is 23.2. The first kappa shape index (κ1) is 22.9. The van der Waals surface area contributed by atoms with Crippen molar-refractivity contribution in [2.45, 2.75) is 32.9 Å². The number of thioether (sulfide) groups is 1. The maximum atomic E-state index is 13.7. The molecule has 0 atom stereocenters. The fourth-order valence-electron chi connectivity index (χ4n) is 3.74. The second kappa shape index (κ2) is 10.1. The van der Waals surface area contributed by atoms with Crippen molar-refractivity contribution in [1.29, 1.82) is 0 Å². The zero-order valence-electron chi connectivity index (χ0n) is 19.1. The molecule has 0 aliphatic carbocycles. The third-order valence-corrected chi connectivity index (χ3v) is 6.63. The first-order chi connectivity index (χ1) is 16.0. The van der Waals surface area contributed by atoms with Crippen LogP contribution in [0.4, 0.5) is 5.69 Å². The van der Waals surface area contributed by atoms with Gasteiger partial charge in [-0.3, -0.25) is 9.59 Å². The molecular formula is C28H27NO3S. The Morgan fingerprint density at radius 2 is 1.61 bits per heavy atom. The second-order valence-corrected chi connectivity index (χ2v) is 9.07. The summed E-state index contributed by atoms with van der Waals surface area (Å²) in [5, 5.41) is 0. The number of imide groups is 1. The second-order valence-electron chi connectivity index (χ2n) is 8.09. The molecule has 0 saturated carbocycles. The van der Waals surface area contributed by atoms with Crippen LogP contribution in [0.5, 0.6) is 5.75 Å². The summed E-state index contributed by atoms with van der Waals surface area (Å²) in [4.78, 5) is 29.1. The molecular weight excluding hydrogens is 430 g/mol. The first-order valence-corrected chi connectivity index (χ1v) is 12.1. The molecule has 1 aliphatic heterocycles. The number of amides is 2. The van der Waals surface area contributed by atoms with Crippen molar-refractivity contribution in [3.63, 3.8) is 0 Å². The zero-order chi connectivity index (χ0) is 23.4. The van der Waals surface area contributed by atoms with E-state index in [9.17, 15) is 9.59 Å². The number of ether oxygens (including phenoxy) is 1. The number of hydrogen-bond acceptors (Lipinski definition) is 4. The molecule has 168 valence electrons. The molecule has 5 heteroatoms. The molecule has 0 fully saturated rings. The van der Waals surface area contributed by atoms with Crippen LogP contribution < -0.4 is 9.64 Å². The summed E-state index contributed by atoms with van der Waals surface area (Å²) in [7, 11) is 0. The molecule has 3 aromatic rings. The van der Waals surface area contributed by atoms with E-state index in [4.69, 9.17) is 4.74 Å². The van der Waals surface area contributed by atoms with E-state index in [1.807, 2.05) is 86.6 Å². The van der Waals surface area contributed by atoms with E-state index in [2.05, 4.69) is 6.92 Å². The van der Waals surface area contributed by atoms with E-state index in [1.165, 1.54) is 16.7 Å². The van der Waals surface area contributed by atoms with Gasteiger partial charge in [0.2, 0.25) is 0 Å². The maximum Gasteiger partial charge on any atom is 0.272 e. The van der Waals surface area contributed by atoms with E-state index in [1.54, 1.807) is 0 Å². The molecule has 4 nitrogen and oxygen atoms in total. The van der Waals surface area contributed by atoms with Crippen LogP contribution in [0.2, 0.25) is 0 Å². The average Bonchev–Trinajstić information content (AvgIpc) is 3.08. The van der Waals surface area contributed by atoms with Gasteiger partial charge < -0.3 is 4.74 Å². The van der Waals surface area contributed by atoms with Crippen LogP contribution in [0.3, 0.4) is 0 Å². The van der Waals surface area contributed by atoms with Gasteiger partial charge in [0.15, 0.2) is 0 Å². The maximum absolute atomic E-state index is 13.7. The summed E-state index contributed by atoms with van der Waals surface area (Å²) in [5.74, 6) is 0.807. The quantitative estimate of drug-likeness (QED) is 0.372. The Morgan fingerprint density at radius 1 is 0.879 bits per heavy atom. The standard InChI is InChI=1S/C28H27NO3S/c1-4-16-32-23-14-12-22(13-15-23)25-26(33-18-21-8-6-5-7-9-21)28(31)29(27(25)30)24-17-19(2)10-11-20(24)3/h5-15,17H,4,16,18H2,1-3H3. The van der Waals surface area contributed by atoms with Crippen LogP contribution >= 0.6 is 11.8 Å². The number of aryl methyl sites for hydroxylation is 2. The highest BCUT2D eigenvalue weighted by Crippen LogP contribution is 2.40. The largest absolute Gasteiger partial charge is 0.494 e. The Labute approximate surface area is 199 Å². The predicted molar refractivity (Wildman–Crippen MR) is 135 cm³/mol. The van der Waals surface area contributed by atoms with Crippen LogP contribution in [-0.2, 0) is 15.3 Å². The van der Waals surface area contributed by atoms with E-state index < -0.39 is 0 Å². The van der Waals surface area contributed by atoms with Gasteiger partial charge >= 0.3 is 0 Å². The van der Waals surface area contributed by atoms with Crippen LogP contribution in [0.15, 0.2) is 77.7 Å². The van der Waals surface area contributed by atoms with E-state index in [-0.39, 0.29) is 11.8 Å². The highest BCUT2D eigenvalue weighted by Gasteiger charge is 2.40. The van der Waals surface area contributed by atoms with Crippen LogP contribution in [0.1, 0.15) is 35.6 Å². The SMILES string of the molecule is CCCOc1ccc(C2=C(SCc3ccccc3)C(=O)N(c3cc(C)ccc3C)C2=O)cc1. The van der Waals surface area contributed by atoms with Gasteiger partial charge in [0.05, 0.1) is 22.8 Å². The van der Waals surface area contributed by atoms with Crippen LogP contribution in [-0.4, -0.2) is 18.4 Å². The summed E-state index contributed by atoms with van der Waals surface area (Å²) < 4.78 is 5.69. The number of anilines is 1. The predicted octanol–water partition coefficient (Wildman–Crippen LogP) is 6.31. The van der Waals surface area contributed by atoms with Gasteiger partial charge in [-0.25, -0.2) is 4.90 Å². The molecule has 33 heavy (non-hydrogen) atoms. The highest BCUT2D eigenvalue weighted by atomic mass is 32.2. The molecule has 0 radical (unpaired) electrons. The summed E-state index contributed by atoms with van der Waals surface area (Å²) >= 11 is 1.41. The fraction of sp³-hybridized carbons (Fsp3) is 0.214. The Hall–Kier alpha value is -3.31. The summed E-state index contributed by atoms with van der Waals surface area (Å²) in [6.07, 6.45) is 0.922. The monoisotopic (exact) mass is 457 g/mol. The van der Waals surface area contributed by atoms with Gasteiger partial charge in [-0.2, -0.15) is 0 Å². The Morgan fingerprint density at radius 3 is 2.30 bits per heavy atom. The fourth-order valence-corrected chi connectivity index (χ4v) is 4.81. The van der Waals surface area contributed by atoms with Gasteiger partial charge in [0, 0.05) is 5.75 Å². The molecule has 3 aromatic carbocycles. The smallest absolute Gasteiger partial charge is 0.272 e. The molecule has 0 aromatic heterocycles. The highest BCUT2D eigenvalue weighted by molar-refractivity contribution is 8.03. The lowest BCUT2D eigenvalue weighted by atomic mass is 10.1. The number of carbonyl (C=O) groups is 2. The number of carbonyl (C=O) groups excluding carboxylic acids is 2. The Kier molecular flexibility index (Phi) is 6.99. The lowest BCUT2D eigenvalue weighted by molar-refractivity contribution is -0.119. The Bertz CT molecular complexity index is 1200. The molecule has 4 rings (SSSR count).